The monoisotopic (exact) mass is 506 g/mol. The van der Waals surface area contributed by atoms with Crippen molar-refractivity contribution in [2.45, 2.75) is 37.1 Å². The van der Waals surface area contributed by atoms with Gasteiger partial charge in [0.1, 0.15) is 22.8 Å². The Bertz CT molecular complexity index is 1570. The first-order valence-electron chi connectivity index (χ1n) is 11.8. The highest BCUT2D eigenvalue weighted by atomic mass is 19.1. The van der Waals surface area contributed by atoms with Gasteiger partial charge in [-0.25, -0.2) is 4.39 Å². The third-order valence-electron chi connectivity index (χ3n) is 7.54. The summed E-state index contributed by atoms with van der Waals surface area (Å²) >= 11 is 0. The van der Waals surface area contributed by atoms with Crippen LogP contribution in [0.15, 0.2) is 60.7 Å². The highest BCUT2D eigenvalue weighted by Gasteiger charge is 2.66. The minimum Gasteiger partial charge on any atom is -0.494 e. The van der Waals surface area contributed by atoms with Gasteiger partial charge in [-0.2, -0.15) is 0 Å². The quantitative estimate of drug-likeness (QED) is 0.254. The van der Waals surface area contributed by atoms with Crippen molar-refractivity contribution in [1.29, 1.82) is 0 Å². The number of aliphatic hydroxyl groups is 1. The third kappa shape index (κ3) is 3.22. The molecule has 3 atom stereocenters. The number of aliphatic hydroxyl groups excluding tert-OH is 1. The average molecular weight is 506 g/mol. The number of non-ortho nitro benzene ring substituents is 1. The predicted octanol–water partition coefficient (Wildman–Crippen LogP) is 4.76. The standard InChI is InChI=1S/C27H23FN2O7/c1-26-21(31)14-27(37-26,12-13-36-16-8-6-15(28)7-9-16)23-22(26)24(32)29(25(23)33)19-10-11-20(30(34)35)18-5-3-2-4-17(18)19/h2-11,21,31-33H,12-14H2,1H3/t21-,26?,27?/m1/s1. The van der Waals surface area contributed by atoms with E-state index in [2.05, 4.69) is 0 Å². The van der Waals surface area contributed by atoms with E-state index in [-0.39, 0.29) is 48.3 Å². The van der Waals surface area contributed by atoms with Gasteiger partial charge >= 0.3 is 0 Å². The normalized spacial score (nSPS) is 23.9. The molecular weight excluding hydrogens is 483 g/mol. The summed E-state index contributed by atoms with van der Waals surface area (Å²) in [4.78, 5) is 11.1. The number of nitro benzene ring substituents is 1. The second-order valence-corrected chi connectivity index (χ2v) is 9.61. The van der Waals surface area contributed by atoms with Crippen molar-refractivity contribution < 1.29 is 34.1 Å². The van der Waals surface area contributed by atoms with Gasteiger partial charge in [-0.1, -0.05) is 18.2 Å². The van der Waals surface area contributed by atoms with Crippen molar-refractivity contribution in [3.05, 3.63) is 87.7 Å². The SMILES string of the molecule is CC12OC(CCOc3ccc(F)cc3)(C[C@H]1O)c1c2c(O)n(-c2ccc([N+](=O)[O-])c3ccccc23)c1O. The number of hydrogen-bond donors (Lipinski definition) is 3. The average Bonchev–Trinajstić information content (AvgIpc) is 3.40. The largest absolute Gasteiger partial charge is 0.494 e. The van der Waals surface area contributed by atoms with Crippen LogP contribution in [0.2, 0.25) is 0 Å². The van der Waals surface area contributed by atoms with Crippen molar-refractivity contribution >= 4 is 16.5 Å². The molecule has 2 aliphatic rings. The van der Waals surface area contributed by atoms with Gasteiger partial charge in [-0.05, 0) is 43.3 Å². The number of ether oxygens (including phenoxy) is 2. The van der Waals surface area contributed by atoms with Crippen molar-refractivity contribution in [1.82, 2.24) is 4.57 Å². The minimum atomic E-state index is -1.28. The molecule has 9 nitrogen and oxygen atoms in total. The molecule has 3 heterocycles. The molecule has 2 unspecified atom stereocenters. The molecule has 4 aromatic rings. The highest BCUT2D eigenvalue weighted by molar-refractivity contribution is 5.97. The van der Waals surface area contributed by atoms with E-state index in [0.29, 0.717) is 27.8 Å². The van der Waals surface area contributed by atoms with Crippen LogP contribution in [0.25, 0.3) is 16.5 Å². The zero-order chi connectivity index (χ0) is 26.1. The molecule has 10 heteroatoms. The molecule has 37 heavy (non-hydrogen) atoms. The highest BCUT2D eigenvalue weighted by Crippen LogP contribution is 2.65. The van der Waals surface area contributed by atoms with E-state index in [1.54, 1.807) is 31.2 Å². The lowest BCUT2D eigenvalue weighted by molar-refractivity contribution is -0.383. The number of nitro groups is 1. The molecule has 1 saturated heterocycles. The summed E-state index contributed by atoms with van der Waals surface area (Å²) in [5.41, 5.74) is -1.56. The third-order valence-corrected chi connectivity index (χ3v) is 7.54. The van der Waals surface area contributed by atoms with E-state index >= 15 is 0 Å². The lowest BCUT2D eigenvalue weighted by atomic mass is 9.76. The maximum atomic E-state index is 13.2. The molecule has 2 bridgehead atoms. The summed E-state index contributed by atoms with van der Waals surface area (Å²) in [6, 6.07) is 15.0. The summed E-state index contributed by atoms with van der Waals surface area (Å²) in [6.07, 6.45) is -0.552. The van der Waals surface area contributed by atoms with Crippen LogP contribution in [-0.4, -0.2) is 37.5 Å². The number of halogens is 1. The van der Waals surface area contributed by atoms with Crippen LogP contribution in [0, 0.1) is 15.9 Å². The molecular formula is C27H23FN2O7. The molecule has 190 valence electrons. The van der Waals surface area contributed by atoms with Crippen molar-refractivity contribution in [2.24, 2.45) is 0 Å². The second-order valence-electron chi connectivity index (χ2n) is 9.61. The molecule has 0 spiro atoms. The maximum absolute atomic E-state index is 13.2. The first kappa shape index (κ1) is 23.3. The summed E-state index contributed by atoms with van der Waals surface area (Å²) in [5, 5.41) is 46.2. The van der Waals surface area contributed by atoms with Gasteiger partial charge < -0.3 is 24.8 Å². The minimum absolute atomic E-state index is 0.0989. The van der Waals surface area contributed by atoms with E-state index in [1.165, 1.54) is 41.0 Å². The molecule has 0 saturated carbocycles. The molecule has 6 rings (SSSR count). The fraction of sp³-hybridized carbons (Fsp3) is 0.259. The van der Waals surface area contributed by atoms with E-state index < -0.39 is 22.2 Å². The fourth-order valence-electron chi connectivity index (χ4n) is 5.83. The Labute approximate surface area is 210 Å². The second kappa shape index (κ2) is 7.92. The Morgan fingerprint density at radius 1 is 1.08 bits per heavy atom. The number of nitrogens with zero attached hydrogens (tertiary/aromatic N) is 2. The summed E-state index contributed by atoms with van der Waals surface area (Å²) < 4.78 is 26.5. The molecule has 1 fully saturated rings. The molecule has 0 radical (unpaired) electrons. The number of aromatic hydroxyl groups is 2. The predicted molar refractivity (Wildman–Crippen MR) is 131 cm³/mol. The molecule has 3 aromatic carbocycles. The van der Waals surface area contributed by atoms with Crippen LogP contribution in [0.3, 0.4) is 0 Å². The van der Waals surface area contributed by atoms with Gasteiger partial charge in [0.2, 0.25) is 11.8 Å². The number of aromatic nitrogens is 1. The van der Waals surface area contributed by atoms with Gasteiger partial charge in [0.25, 0.3) is 5.69 Å². The topological polar surface area (TPSA) is 127 Å². The van der Waals surface area contributed by atoms with Crippen LogP contribution in [0.4, 0.5) is 10.1 Å². The van der Waals surface area contributed by atoms with Crippen LogP contribution in [0.1, 0.15) is 30.9 Å². The Morgan fingerprint density at radius 2 is 1.76 bits per heavy atom. The van der Waals surface area contributed by atoms with Crippen LogP contribution >= 0.6 is 0 Å². The zero-order valence-corrected chi connectivity index (χ0v) is 19.7. The molecule has 2 aliphatic heterocycles. The molecule has 0 amide bonds. The Balaban J connectivity index is 1.45. The number of hydrogen-bond acceptors (Lipinski definition) is 7. The van der Waals surface area contributed by atoms with Gasteiger partial charge in [0.15, 0.2) is 0 Å². The van der Waals surface area contributed by atoms with Crippen LogP contribution < -0.4 is 4.74 Å². The van der Waals surface area contributed by atoms with E-state index in [1.807, 2.05) is 0 Å². The number of fused-ring (bicyclic) bond motifs is 6. The first-order valence-corrected chi connectivity index (χ1v) is 11.8. The molecule has 3 N–H and O–H groups in total. The smallest absolute Gasteiger partial charge is 0.277 e. The van der Waals surface area contributed by atoms with Gasteiger partial charge in [0, 0.05) is 24.3 Å². The maximum Gasteiger partial charge on any atom is 0.277 e. The Kier molecular flexibility index (Phi) is 4.98. The Hall–Kier alpha value is -4.15. The molecule has 1 aromatic heterocycles. The lowest BCUT2D eigenvalue weighted by Gasteiger charge is -2.26. The van der Waals surface area contributed by atoms with Gasteiger partial charge in [-0.3, -0.25) is 14.7 Å². The molecule has 0 aliphatic carbocycles. The fourth-order valence-corrected chi connectivity index (χ4v) is 5.83. The van der Waals surface area contributed by atoms with Crippen LogP contribution in [-0.2, 0) is 15.9 Å². The number of benzene rings is 3. The Morgan fingerprint density at radius 3 is 2.46 bits per heavy atom. The van der Waals surface area contributed by atoms with Crippen molar-refractivity contribution in [3.8, 4) is 23.2 Å². The van der Waals surface area contributed by atoms with Gasteiger partial charge in [0.05, 0.1) is 39.8 Å². The van der Waals surface area contributed by atoms with E-state index in [4.69, 9.17) is 9.47 Å². The summed E-state index contributed by atoms with van der Waals surface area (Å²) in [7, 11) is 0. The van der Waals surface area contributed by atoms with Gasteiger partial charge in [-0.15, -0.1) is 0 Å². The zero-order valence-electron chi connectivity index (χ0n) is 19.7. The van der Waals surface area contributed by atoms with Crippen molar-refractivity contribution in [2.75, 3.05) is 6.61 Å². The first-order chi connectivity index (χ1) is 17.7. The van der Waals surface area contributed by atoms with Crippen LogP contribution in [0.5, 0.6) is 17.5 Å². The van der Waals surface area contributed by atoms with Crippen molar-refractivity contribution in [3.63, 3.8) is 0 Å². The van der Waals surface area contributed by atoms with E-state index in [9.17, 15) is 29.8 Å². The summed E-state index contributed by atoms with van der Waals surface area (Å²) in [6.45, 7) is 1.79. The number of rotatable bonds is 6. The van der Waals surface area contributed by atoms with E-state index in [0.717, 1.165) is 0 Å². The summed E-state index contributed by atoms with van der Waals surface area (Å²) in [5.74, 6) is -0.512. The lowest BCUT2D eigenvalue weighted by Crippen LogP contribution is -2.33.